The van der Waals surface area contributed by atoms with Crippen molar-refractivity contribution in [2.75, 3.05) is 18.9 Å². The van der Waals surface area contributed by atoms with Crippen molar-refractivity contribution in [2.45, 2.75) is 13.5 Å². The molecule has 5 nitrogen and oxygen atoms in total. The van der Waals surface area contributed by atoms with Gasteiger partial charge in [-0.2, -0.15) is 5.10 Å². The first-order valence-corrected chi connectivity index (χ1v) is 6.67. The van der Waals surface area contributed by atoms with Gasteiger partial charge in [-0.25, -0.2) is 0 Å². The van der Waals surface area contributed by atoms with E-state index in [0.29, 0.717) is 12.1 Å². The minimum Gasteiger partial charge on any atom is -0.385 e. The monoisotopic (exact) mass is 272 g/mol. The maximum Gasteiger partial charge on any atom is 0.253 e. The zero-order valence-corrected chi connectivity index (χ0v) is 12.1. The lowest BCUT2D eigenvalue weighted by Crippen LogP contribution is -2.26. The van der Waals surface area contributed by atoms with Crippen molar-refractivity contribution in [1.82, 2.24) is 14.7 Å². The van der Waals surface area contributed by atoms with E-state index in [1.165, 1.54) is 0 Å². The van der Waals surface area contributed by atoms with E-state index in [4.69, 9.17) is 0 Å². The molecule has 0 bridgehead atoms. The number of amides is 1. The summed E-state index contributed by atoms with van der Waals surface area (Å²) in [5, 5.41) is 7.31. The van der Waals surface area contributed by atoms with Crippen LogP contribution in [0.5, 0.6) is 0 Å². The smallest absolute Gasteiger partial charge is 0.253 e. The number of nitrogens with zero attached hydrogens (tertiary/aromatic N) is 3. The molecule has 20 heavy (non-hydrogen) atoms. The molecule has 2 aromatic rings. The average Bonchev–Trinajstić information content (AvgIpc) is 2.84. The van der Waals surface area contributed by atoms with Gasteiger partial charge < -0.3 is 10.2 Å². The molecular weight excluding hydrogens is 252 g/mol. The van der Waals surface area contributed by atoms with Crippen LogP contribution in [-0.4, -0.2) is 34.2 Å². The Morgan fingerprint density at radius 1 is 1.35 bits per heavy atom. The fourth-order valence-corrected chi connectivity index (χ4v) is 2.05. The fourth-order valence-electron chi connectivity index (χ4n) is 2.05. The van der Waals surface area contributed by atoms with Crippen molar-refractivity contribution in [2.24, 2.45) is 7.05 Å². The molecule has 106 valence electrons. The fraction of sp³-hybridized carbons (Fsp3) is 0.333. The van der Waals surface area contributed by atoms with Crippen molar-refractivity contribution in [3.63, 3.8) is 0 Å². The summed E-state index contributed by atoms with van der Waals surface area (Å²) in [6.07, 6.45) is 3.69. The molecule has 0 saturated heterocycles. The van der Waals surface area contributed by atoms with Crippen LogP contribution in [0.15, 0.2) is 36.7 Å². The summed E-state index contributed by atoms with van der Waals surface area (Å²) in [6, 6.07) is 7.55. The Morgan fingerprint density at radius 2 is 2.05 bits per heavy atom. The molecule has 2 rings (SSSR count). The quantitative estimate of drug-likeness (QED) is 0.907. The molecule has 0 unspecified atom stereocenters. The van der Waals surface area contributed by atoms with Crippen molar-refractivity contribution < 1.29 is 4.79 Å². The van der Waals surface area contributed by atoms with Crippen LogP contribution in [-0.2, 0) is 13.6 Å². The number of nitrogens with one attached hydrogen (secondary N) is 1. The molecule has 0 atom stereocenters. The Hall–Kier alpha value is -2.30. The minimum atomic E-state index is 0.0110. The molecule has 0 aliphatic rings. The minimum absolute atomic E-state index is 0.0110. The van der Waals surface area contributed by atoms with Crippen molar-refractivity contribution in [1.29, 1.82) is 0 Å². The van der Waals surface area contributed by atoms with E-state index in [1.807, 2.05) is 44.4 Å². The van der Waals surface area contributed by atoms with Crippen molar-refractivity contribution in [3.05, 3.63) is 47.8 Å². The second kappa shape index (κ2) is 6.23. The second-order valence-electron chi connectivity index (χ2n) is 4.79. The molecule has 1 aromatic heterocycles. The molecule has 5 heteroatoms. The highest BCUT2D eigenvalue weighted by Gasteiger charge is 2.12. The van der Waals surface area contributed by atoms with E-state index >= 15 is 0 Å². The first-order valence-electron chi connectivity index (χ1n) is 6.67. The first kappa shape index (κ1) is 14.1. The standard InChI is InChI=1S/C15H20N4O/c1-4-16-14-7-5-13(6-8-14)15(20)18(2)10-12-9-17-19(3)11-12/h5-9,11,16H,4,10H2,1-3H3. The molecule has 1 N–H and O–H groups in total. The van der Waals surface area contributed by atoms with Crippen LogP contribution in [0.3, 0.4) is 0 Å². The predicted molar refractivity (Wildman–Crippen MR) is 79.6 cm³/mol. The van der Waals surface area contributed by atoms with Gasteiger partial charge in [0, 0.05) is 50.2 Å². The van der Waals surface area contributed by atoms with Gasteiger partial charge in [0.2, 0.25) is 0 Å². The summed E-state index contributed by atoms with van der Waals surface area (Å²) < 4.78 is 1.73. The zero-order valence-electron chi connectivity index (χ0n) is 12.1. The molecule has 0 fully saturated rings. The van der Waals surface area contributed by atoms with Gasteiger partial charge >= 0.3 is 0 Å². The number of hydrogen-bond acceptors (Lipinski definition) is 3. The van der Waals surface area contributed by atoms with Gasteiger partial charge in [-0.15, -0.1) is 0 Å². The van der Waals surface area contributed by atoms with Gasteiger partial charge in [0.05, 0.1) is 6.20 Å². The summed E-state index contributed by atoms with van der Waals surface area (Å²) in [6.45, 7) is 3.47. The van der Waals surface area contributed by atoms with Gasteiger partial charge in [0.15, 0.2) is 0 Å². The van der Waals surface area contributed by atoms with Gasteiger partial charge in [0.1, 0.15) is 0 Å². The predicted octanol–water partition coefficient (Wildman–Crippen LogP) is 2.12. The zero-order chi connectivity index (χ0) is 14.5. The summed E-state index contributed by atoms with van der Waals surface area (Å²) in [5.41, 5.74) is 2.74. The summed E-state index contributed by atoms with van der Waals surface area (Å²) in [4.78, 5) is 14.0. The third-order valence-corrected chi connectivity index (χ3v) is 3.04. The molecule has 1 aromatic carbocycles. The molecule has 0 spiro atoms. The van der Waals surface area contributed by atoms with Crippen LogP contribution in [0.1, 0.15) is 22.8 Å². The molecule has 1 amide bonds. The molecule has 0 aliphatic carbocycles. The third kappa shape index (κ3) is 3.38. The Kier molecular flexibility index (Phi) is 4.40. The number of anilines is 1. The molecule has 0 aliphatic heterocycles. The van der Waals surface area contributed by atoms with E-state index in [1.54, 1.807) is 22.8 Å². The van der Waals surface area contributed by atoms with Crippen LogP contribution in [0.2, 0.25) is 0 Å². The van der Waals surface area contributed by atoms with Crippen LogP contribution >= 0.6 is 0 Å². The van der Waals surface area contributed by atoms with Crippen LogP contribution in [0.4, 0.5) is 5.69 Å². The summed E-state index contributed by atoms with van der Waals surface area (Å²) >= 11 is 0. The van der Waals surface area contributed by atoms with Gasteiger partial charge in [-0.1, -0.05) is 0 Å². The highest BCUT2D eigenvalue weighted by molar-refractivity contribution is 5.94. The van der Waals surface area contributed by atoms with Gasteiger partial charge in [-0.3, -0.25) is 9.48 Å². The topological polar surface area (TPSA) is 50.2 Å². The summed E-state index contributed by atoms with van der Waals surface area (Å²) in [5.74, 6) is 0.0110. The number of carbonyl (C=O) groups excluding carboxylic acids is 1. The average molecular weight is 272 g/mol. The maximum absolute atomic E-state index is 12.3. The Balaban J connectivity index is 2.02. The van der Waals surface area contributed by atoms with E-state index in [-0.39, 0.29) is 5.91 Å². The van der Waals surface area contributed by atoms with Crippen LogP contribution in [0.25, 0.3) is 0 Å². The third-order valence-electron chi connectivity index (χ3n) is 3.04. The van der Waals surface area contributed by atoms with E-state index in [0.717, 1.165) is 17.8 Å². The van der Waals surface area contributed by atoms with Crippen molar-refractivity contribution in [3.8, 4) is 0 Å². The molecule has 0 saturated carbocycles. The number of aryl methyl sites for hydroxylation is 1. The lowest BCUT2D eigenvalue weighted by molar-refractivity contribution is 0.0785. The van der Waals surface area contributed by atoms with Crippen molar-refractivity contribution >= 4 is 11.6 Å². The van der Waals surface area contributed by atoms with Gasteiger partial charge in [0.25, 0.3) is 5.91 Å². The van der Waals surface area contributed by atoms with E-state index in [2.05, 4.69) is 10.4 Å². The van der Waals surface area contributed by atoms with E-state index < -0.39 is 0 Å². The Morgan fingerprint density at radius 3 is 2.60 bits per heavy atom. The summed E-state index contributed by atoms with van der Waals surface area (Å²) in [7, 11) is 3.66. The highest BCUT2D eigenvalue weighted by atomic mass is 16.2. The van der Waals surface area contributed by atoms with Crippen LogP contribution < -0.4 is 5.32 Å². The highest BCUT2D eigenvalue weighted by Crippen LogP contribution is 2.12. The lowest BCUT2D eigenvalue weighted by atomic mass is 10.1. The SMILES string of the molecule is CCNc1ccc(C(=O)N(C)Cc2cnn(C)c2)cc1. The molecule has 1 heterocycles. The number of benzene rings is 1. The molecule has 0 radical (unpaired) electrons. The van der Waals surface area contributed by atoms with Gasteiger partial charge in [-0.05, 0) is 31.2 Å². The number of rotatable bonds is 5. The largest absolute Gasteiger partial charge is 0.385 e. The number of hydrogen-bond donors (Lipinski definition) is 1. The lowest BCUT2D eigenvalue weighted by Gasteiger charge is -2.16. The number of aromatic nitrogens is 2. The first-order chi connectivity index (χ1) is 9.60. The van der Waals surface area contributed by atoms with E-state index in [9.17, 15) is 4.79 Å². The Bertz CT molecular complexity index is 574. The number of carbonyl (C=O) groups is 1. The second-order valence-corrected chi connectivity index (χ2v) is 4.79. The Labute approximate surface area is 119 Å². The van der Waals surface area contributed by atoms with Crippen LogP contribution in [0, 0.1) is 0 Å². The maximum atomic E-state index is 12.3. The normalized spacial score (nSPS) is 10.3. The molecular formula is C15H20N4O.